The van der Waals surface area contributed by atoms with E-state index >= 15 is 0 Å². The van der Waals surface area contributed by atoms with E-state index in [0.717, 1.165) is 25.9 Å². The highest BCUT2D eigenvalue weighted by Gasteiger charge is 2.14. The monoisotopic (exact) mass is 315 g/mol. The van der Waals surface area contributed by atoms with Crippen LogP contribution < -0.4 is 5.32 Å². The molecule has 1 amide bonds. The largest absolute Gasteiger partial charge is 0.378 e. The number of hydrogen-bond acceptors (Lipinski definition) is 2. The van der Waals surface area contributed by atoms with Gasteiger partial charge in [0.25, 0.3) is 5.91 Å². The number of benzene rings is 1. The van der Waals surface area contributed by atoms with Gasteiger partial charge in [0.15, 0.2) is 0 Å². The number of ether oxygens (including phenoxy) is 1. The van der Waals surface area contributed by atoms with Crippen LogP contribution in [0.4, 0.5) is 0 Å². The fourth-order valence-corrected chi connectivity index (χ4v) is 2.73. The third-order valence-electron chi connectivity index (χ3n) is 3.46. The van der Waals surface area contributed by atoms with Gasteiger partial charge in [-0.2, -0.15) is 0 Å². The highest BCUT2D eigenvalue weighted by Crippen LogP contribution is 2.25. The van der Waals surface area contributed by atoms with Crippen molar-refractivity contribution in [3.8, 4) is 0 Å². The first-order valence-corrected chi connectivity index (χ1v) is 7.78. The Morgan fingerprint density at radius 1 is 1.35 bits per heavy atom. The Hall–Kier alpha value is -0.770. The molecule has 0 bridgehead atoms. The average Bonchev–Trinajstić information content (AvgIpc) is 2.47. The summed E-state index contributed by atoms with van der Waals surface area (Å²) in [7, 11) is 0. The normalized spacial score (nSPS) is 18.8. The lowest BCUT2D eigenvalue weighted by Crippen LogP contribution is -2.26. The second-order valence-corrected chi connectivity index (χ2v) is 5.77. The molecular formula is C15H19Cl2NO2. The summed E-state index contributed by atoms with van der Waals surface area (Å²) in [6, 6.07) is 5.06. The van der Waals surface area contributed by atoms with Crippen LogP contribution in [0, 0.1) is 0 Å². The van der Waals surface area contributed by atoms with Crippen molar-refractivity contribution < 1.29 is 9.53 Å². The molecule has 1 heterocycles. The zero-order chi connectivity index (χ0) is 14.4. The van der Waals surface area contributed by atoms with Crippen molar-refractivity contribution in [3.63, 3.8) is 0 Å². The molecule has 1 aromatic carbocycles. The van der Waals surface area contributed by atoms with E-state index in [1.54, 1.807) is 18.2 Å². The van der Waals surface area contributed by atoms with Gasteiger partial charge < -0.3 is 10.1 Å². The Labute approximate surface area is 129 Å². The number of carbonyl (C=O) groups is 1. The molecule has 1 unspecified atom stereocenters. The van der Waals surface area contributed by atoms with Crippen molar-refractivity contribution in [1.82, 2.24) is 5.32 Å². The third kappa shape index (κ3) is 4.37. The molecule has 0 aromatic heterocycles. The molecule has 2 rings (SSSR count). The lowest BCUT2D eigenvalue weighted by atomic mass is 10.0. The highest BCUT2D eigenvalue weighted by atomic mass is 35.5. The number of hydrogen-bond donors (Lipinski definition) is 1. The first kappa shape index (κ1) is 15.6. The number of nitrogens with one attached hydrogen (secondary N) is 1. The summed E-state index contributed by atoms with van der Waals surface area (Å²) >= 11 is 11.9. The number of amides is 1. The fraction of sp³-hybridized carbons (Fsp3) is 0.533. The standard InChI is InChI=1S/C15H19Cl2NO2/c16-13-8-3-7-12(14(13)17)15(19)18-9-4-6-11-5-1-2-10-20-11/h3,7-8,11H,1-2,4-6,9-10H2,(H,18,19). The molecular weight excluding hydrogens is 297 g/mol. The molecule has 1 aromatic rings. The van der Waals surface area contributed by atoms with Gasteiger partial charge in [0, 0.05) is 13.2 Å². The van der Waals surface area contributed by atoms with Crippen molar-refractivity contribution in [1.29, 1.82) is 0 Å². The molecule has 0 radical (unpaired) electrons. The summed E-state index contributed by atoms with van der Waals surface area (Å²) in [6.45, 7) is 1.50. The lowest BCUT2D eigenvalue weighted by molar-refractivity contribution is 0.0102. The Morgan fingerprint density at radius 3 is 2.95 bits per heavy atom. The van der Waals surface area contributed by atoms with Gasteiger partial charge in [-0.25, -0.2) is 0 Å². The maximum Gasteiger partial charge on any atom is 0.252 e. The summed E-state index contributed by atoms with van der Waals surface area (Å²) in [5.74, 6) is -0.179. The van der Waals surface area contributed by atoms with Crippen molar-refractivity contribution in [2.45, 2.75) is 38.2 Å². The van der Waals surface area contributed by atoms with E-state index in [9.17, 15) is 4.79 Å². The first-order chi connectivity index (χ1) is 9.68. The molecule has 1 atom stereocenters. The molecule has 1 aliphatic heterocycles. The molecule has 3 nitrogen and oxygen atoms in total. The Morgan fingerprint density at radius 2 is 2.20 bits per heavy atom. The fourth-order valence-electron chi connectivity index (χ4n) is 2.34. The number of halogens is 2. The lowest BCUT2D eigenvalue weighted by Gasteiger charge is -2.22. The summed E-state index contributed by atoms with van der Waals surface area (Å²) in [5, 5.41) is 3.57. The van der Waals surface area contributed by atoms with Crippen molar-refractivity contribution >= 4 is 29.1 Å². The molecule has 1 aliphatic rings. The van der Waals surface area contributed by atoms with Gasteiger partial charge in [-0.1, -0.05) is 29.3 Å². The molecule has 20 heavy (non-hydrogen) atoms. The molecule has 0 saturated carbocycles. The van der Waals surface area contributed by atoms with Gasteiger partial charge in [0.2, 0.25) is 0 Å². The van der Waals surface area contributed by atoms with E-state index in [0.29, 0.717) is 28.3 Å². The quantitative estimate of drug-likeness (QED) is 0.832. The van der Waals surface area contributed by atoms with Crippen LogP contribution >= 0.6 is 23.2 Å². The van der Waals surface area contributed by atoms with E-state index < -0.39 is 0 Å². The number of carbonyl (C=O) groups excluding carboxylic acids is 1. The summed E-state index contributed by atoms with van der Waals surface area (Å²) in [6.07, 6.45) is 5.80. The molecule has 0 spiro atoms. The van der Waals surface area contributed by atoms with Crippen LogP contribution in [0.1, 0.15) is 42.5 Å². The van der Waals surface area contributed by atoms with Gasteiger partial charge in [0.1, 0.15) is 0 Å². The minimum Gasteiger partial charge on any atom is -0.378 e. The molecule has 1 saturated heterocycles. The molecule has 0 aliphatic carbocycles. The second kappa shape index (κ2) is 7.87. The Balaban J connectivity index is 1.73. The highest BCUT2D eigenvalue weighted by molar-refractivity contribution is 6.43. The van der Waals surface area contributed by atoms with Gasteiger partial charge >= 0.3 is 0 Å². The number of rotatable bonds is 5. The summed E-state index contributed by atoms with van der Waals surface area (Å²) in [4.78, 5) is 12.0. The Bertz CT molecular complexity index is 459. The zero-order valence-corrected chi connectivity index (χ0v) is 12.8. The van der Waals surface area contributed by atoms with E-state index in [1.165, 1.54) is 12.8 Å². The minimum absolute atomic E-state index is 0.179. The summed E-state index contributed by atoms with van der Waals surface area (Å²) < 4.78 is 5.65. The third-order valence-corrected chi connectivity index (χ3v) is 4.28. The van der Waals surface area contributed by atoms with E-state index in [1.807, 2.05) is 0 Å². The summed E-state index contributed by atoms with van der Waals surface area (Å²) in [5.41, 5.74) is 0.424. The van der Waals surface area contributed by atoms with Crippen LogP contribution in [0.2, 0.25) is 10.0 Å². The maximum absolute atomic E-state index is 12.0. The van der Waals surface area contributed by atoms with Crippen molar-refractivity contribution in [2.24, 2.45) is 0 Å². The van der Waals surface area contributed by atoms with Crippen LogP contribution in [0.3, 0.4) is 0 Å². The second-order valence-electron chi connectivity index (χ2n) is 4.99. The van der Waals surface area contributed by atoms with Gasteiger partial charge in [-0.3, -0.25) is 4.79 Å². The molecule has 5 heteroatoms. The van der Waals surface area contributed by atoms with Crippen LogP contribution in [0.5, 0.6) is 0 Å². The molecule has 1 fully saturated rings. The van der Waals surface area contributed by atoms with Crippen LogP contribution in [0.15, 0.2) is 18.2 Å². The minimum atomic E-state index is -0.179. The van der Waals surface area contributed by atoms with Crippen molar-refractivity contribution in [3.05, 3.63) is 33.8 Å². The smallest absolute Gasteiger partial charge is 0.252 e. The average molecular weight is 316 g/mol. The van der Waals surface area contributed by atoms with E-state index in [-0.39, 0.29) is 5.91 Å². The van der Waals surface area contributed by atoms with Crippen LogP contribution in [-0.4, -0.2) is 25.2 Å². The van der Waals surface area contributed by atoms with Gasteiger partial charge in [-0.15, -0.1) is 0 Å². The molecule has 110 valence electrons. The predicted octanol–water partition coefficient (Wildman–Crippen LogP) is 4.07. The van der Waals surface area contributed by atoms with Gasteiger partial charge in [-0.05, 0) is 44.2 Å². The Kier molecular flexibility index (Phi) is 6.14. The SMILES string of the molecule is O=C(NCCCC1CCCCO1)c1cccc(Cl)c1Cl. The zero-order valence-electron chi connectivity index (χ0n) is 11.3. The first-order valence-electron chi connectivity index (χ1n) is 7.02. The van der Waals surface area contributed by atoms with E-state index in [4.69, 9.17) is 27.9 Å². The van der Waals surface area contributed by atoms with E-state index in [2.05, 4.69) is 5.32 Å². The maximum atomic E-state index is 12.0. The van der Waals surface area contributed by atoms with Crippen LogP contribution in [-0.2, 0) is 4.74 Å². The van der Waals surface area contributed by atoms with Crippen molar-refractivity contribution in [2.75, 3.05) is 13.2 Å². The molecule has 1 N–H and O–H groups in total. The van der Waals surface area contributed by atoms with Crippen LogP contribution in [0.25, 0.3) is 0 Å². The van der Waals surface area contributed by atoms with Gasteiger partial charge in [0.05, 0.1) is 21.7 Å². The predicted molar refractivity (Wildman–Crippen MR) is 81.6 cm³/mol. The topological polar surface area (TPSA) is 38.3 Å².